The monoisotopic (exact) mass is 309 g/mol. The summed E-state index contributed by atoms with van der Waals surface area (Å²) in [6.07, 6.45) is 0.409. The molecule has 94 valence electrons. The van der Waals surface area contributed by atoms with Crippen molar-refractivity contribution in [3.63, 3.8) is 0 Å². The van der Waals surface area contributed by atoms with Crippen LogP contribution >= 0.6 is 15.9 Å². The number of rotatable bonds is 3. The average molecular weight is 310 g/mol. The third-order valence-electron chi connectivity index (χ3n) is 2.91. The van der Waals surface area contributed by atoms with Crippen molar-refractivity contribution >= 4 is 27.7 Å². The first kappa shape index (κ1) is 12.9. The molecule has 0 aromatic carbocycles. The largest absolute Gasteiger partial charge is 0.296 e. The Morgan fingerprint density at radius 2 is 2.44 bits per heavy atom. The minimum atomic E-state index is 0.0244. The second-order valence-corrected chi connectivity index (χ2v) is 5.02. The molecule has 7 heteroatoms. The van der Waals surface area contributed by atoms with Gasteiger partial charge < -0.3 is 0 Å². The lowest BCUT2D eigenvalue weighted by Gasteiger charge is -2.15. The summed E-state index contributed by atoms with van der Waals surface area (Å²) in [5.41, 5.74) is 9.31. The molecule has 1 aliphatic rings. The number of carbonyl (C=O) groups is 1. The first-order chi connectivity index (χ1) is 8.61. The highest BCUT2D eigenvalue weighted by atomic mass is 79.9. The van der Waals surface area contributed by atoms with Crippen molar-refractivity contribution in [1.29, 1.82) is 0 Å². The molecule has 1 amide bonds. The van der Waals surface area contributed by atoms with Gasteiger partial charge in [0, 0.05) is 24.4 Å². The normalized spacial score (nSPS) is 18.9. The molecule has 0 N–H and O–H groups in total. The Labute approximate surface area is 113 Å². The number of pyridine rings is 1. The van der Waals surface area contributed by atoms with Gasteiger partial charge in [0.05, 0.1) is 0 Å². The molecule has 0 saturated carbocycles. The van der Waals surface area contributed by atoms with E-state index >= 15 is 0 Å². The van der Waals surface area contributed by atoms with E-state index in [-0.39, 0.29) is 11.8 Å². The quantitative estimate of drug-likeness (QED) is 0.372. The Morgan fingerprint density at radius 3 is 3.11 bits per heavy atom. The van der Waals surface area contributed by atoms with Crippen LogP contribution in [0.25, 0.3) is 10.4 Å². The fraction of sp³-hybridized carbons (Fsp3) is 0.455. The van der Waals surface area contributed by atoms with Gasteiger partial charge in [-0.15, -0.1) is 0 Å². The number of aromatic nitrogens is 1. The molecule has 2 rings (SSSR count). The minimum absolute atomic E-state index is 0.0244. The number of halogens is 1. The van der Waals surface area contributed by atoms with Crippen LogP contribution in [0.5, 0.6) is 0 Å². The molecular formula is C11H12BrN5O. The molecule has 1 aromatic rings. The van der Waals surface area contributed by atoms with Crippen LogP contribution in [0, 0.1) is 12.8 Å². The van der Waals surface area contributed by atoms with E-state index in [1.54, 1.807) is 4.90 Å². The molecule has 0 aliphatic carbocycles. The van der Waals surface area contributed by atoms with Gasteiger partial charge in [-0.25, -0.2) is 4.98 Å². The Morgan fingerprint density at radius 1 is 1.67 bits per heavy atom. The van der Waals surface area contributed by atoms with Gasteiger partial charge in [0.15, 0.2) is 0 Å². The lowest BCUT2D eigenvalue weighted by Crippen LogP contribution is -2.25. The molecule has 1 aliphatic heterocycles. The van der Waals surface area contributed by atoms with Crippen molar-refractivity contribution in [1.82, 2.24) is 4.98 Å². The number of nitrogens with zero attached hydrogens (tertiary/aromatic N) is 5. The Hall–Kier alpha value is -1.59. The number of aryl methyl sites for hydroxylation is 1. The molecule has 1 fully saturated rings. The fourth-order valence-electron chi connectivity index (χ4n) is 1.92. The lowest BCUT2D eigenvalue weighted by atomic mass is 10.1. The minimum Gasteiger partial charge on any atom is -0.296 e. The molecular weight excluding hydrogens is 298 g/mol. The zero-order chi connectivity index (χ0) is 13.1. The van der Waals surface area contributed by atoms with Crippen molar-refractivity contribution in [2.24, 2.45) is 11.0 Å². The highest BCUT2D eigenvalue weighted by Crippen LogP contribution is 2.26. The van der Waals surface area contributed by atoms with E-state index in [2.05, 4.69) is 30.9 Å². The number of carbonyl (C=O) groups excluding carboxylic acids is 1. The topological polar surface area (TPSA) is 82.0 Å². The van der Waals surface area contributed by atoms with E-state index in [4.69, 9.17) is 5.53 Å². The molecule has 1 aromatic heterocycles. The van der Waals surface area contributed by atoms with Crippen LogP contribution in [-0.2, 0) is 4.79 Å². The Balaban J connectivity index is 2.16. The van der Waals surface area contributed by atoms with E-state index in [0.29, 0.717) is 25.3 Å². The standard InChI is InChI=1S/C11H12BrN5O/c1-7-2-3-9(15-11(7)12)17-6-8(4-10(17)18)5-14-16-13/h2-3,8H,4-6H2,1H3. The maximum atomic E-state index is 11.9. The van der Waals surface area contributed by atoms with E-state index < -0.39 is 0 Å². The first-order valence-electron chi connectivity index (χ1n) is 5.56. The number of anilines is 1. The maximum Gasteiger partial charge on any atom is 0.228 e. The molecule has 1 saturated heterocycles. The molecule has 6 nitrogen and oxygen atoms in total. The van der Waals surface area contributed by atoms with Crippen molar-refractivity contribution in [3.8, 4) is 0 Å². The van der Waals surface area contributed by atoms with E-state index in [0.717, 1.165) is 10.2 Å². The number of azide groups is 1. The zero-order valence-electron chi connectivity index (χ0n) is 9.88. The van der Waals surface area contributed by atoms with Crippen LogP contribution in [0.15, 0.2) is 21.9 Å². The molecule has 0 radical (unpaired) electrons. The van der Waals surface area contributed by atoms with E-state index in [1.165, 1.54) is 0 Å². The summed E-state index contributed by atoms with van der Waals surface area (Å²) in [5.74, 6) is 0.743. The maximum absolute atomic E-state index is 11.9. The summed E-state index contributed by atoms with van der Waals surface area (Å²) >= 11 is 3.35. The third kappa shape index (κ3) is 2.63. The summed E-state index contributed by atoms with van der Waals surface area (Å²) in [6.45, 7) is 2.85. The highest BCUT2D eigenvalue weighted by molar-refractivity contribution is 9.10. The van der Waals surface area contributed by atoms with Gasteiger partial charge in [-0.1, -0.05) is 11.2 Å². The molecule has 1 unspecified atom stereocenters. The van der Waals surface area contributed by atoms with Crippen LogP contribution in [0.2, 0.25) is 0 Å². The third-order valence-corrected chi connectivity index (χ3v) is 3.71. The zero-order valence-corrected chi connectivity index (χ0v) is 11.5. The highest BCUT2D eigenvalue weighted by Gasteiger charge is 2.30. The van der Waals surface area contributed by atoms with Gasteiger partial charge in [0.2, 0.25) is 5.91 Å². The summed E-state index contributed by atoms with van der Waals surface area (Å²) in [4.78, 5) is 20.6. The summed E-state index contributed by atoms with van der Waals surface area (Å²) in [5, 5.41) is 3.52. The van der Waals surface area contributed by atoms with Gasteiger partial charge in [0.1, 0.15) is 10.4 Å². The number of amides is 1. The van der Waals surface area contributed by atoms with Gasteiger partial charge >= 0.3 is 0 Å². The summed E-state index contributed by atoms with van der Waals surface area (Å²) < 4.78 is 0.742. The first-order valence-corrected chi connectivity index (χ1v) is 6.35. The second-order valence-electron chi connectivity index (χ2n) is 4.27. The van der Waals surface area contributed by atoms with Crippen LogP contribution < -0.4 is 4.90 Å². The smallest absolute Gasteiger partial charge is 0.228 e. The molecule has 2 heterocycles. The summed E-state index contributed by atoms with van der Waals surface area (Å²) in [6, 6.07) is 3.74. The van der Waals surface area contributed by atoms with E-state index in [1.807, 2.05) is 19.1 Å². The van der Waals surface area contributed by atoms with E-state index in [9.17, 15) is 4.79 Å². The molecule has 1 atom stereocenters. The van der Waals surface area contributed by atoms with Crippen molar-refractivity contribution in [2.75, 3.05) is 18.0 Å². The van der Waals surface area contributed by atoms with Crippen molar-refractivity contribution in [2.45, 2.75) is 13.3 Å². The Kier molecular flexibility index (Phi) is 3.84. The van der Waals surface area contributed by atoms with Crippen LogP contribution in [0.1, 0.15) is 12.0 Å². The van der Waals surface area contributed by atoms with Gasteiger partial charge in [-0.2, -0.15) is 0 Å². The SMILES string of the molecule is Cc1ccc(N2CC(CN=[N+]=[N-])CC2=O)nc1Br. The molecule has 18 heavy (non-hydrogen) atoms. The van der Waals surface area contributed by atoms with Crippen LogP contribution in [0.3, 0.4) is 0 Å². The molecule has 0 bridgehead atoms. The van der Waals surface area contributed by atoms with Crippen LogP contribution in [0.4, 0.5) is 5.82 Å². The van der Waals surface area contributed by atoms with Gasteiger partial charge in [-0.3, -0.25) is 9.69 Å². The fourth-order valence-corrected chi connectivity index (χ4v) is 2.24. The Bertz CT molecular complexity index is 526. The average Bonchev–Trinajstić information content (AvgIpc) is 2.71. The predicted octanol–water partition coefficient (Wildman–Crippen LogP) is 2.82. The van der Waals surface area contributed by atoms with Crippen molar-refractivity contribution < 1.29 is 4.79 Å². The number of hydrogen-bond acceptors (Lipinski definition) is 3. The number of hydrogen-bond donors (Lipinski definition) is 0. The second kappa shape index (κ2) is 5.37. The molecule has 0 spiro atoms. The summed E-state index contributed by atoms with van der Waals surface area (Å²) in [7, 11) is 0. The van der Waals surface area contributed by atoms with Gasteiger partial charge in [0.25, 0.3) is 0 Å². The van der Waals surface area contributed by atoms with Crippen molar-refractivity contribution in [3.05, 3.63) is 32.7 Å². The predicted molar refractivity (Wildman–Crippen MR) is 71.1 cm³/mol. The lowest BCUT2D eigenvalue weighted by molar-refractivity contribution is -0.117. The van der Waals surface area contributed by atoms with Crippen LogP contribution in [-0.4, -0.2) is 24.0 Å². The van der Waals surface area contributed by atoms with Gasteiger partial charge in [-0.05, 0) is 45.9 Å².